The van der Waals surface area contributed by atoms with E-state index in [1.54, 1.807) is 0 Å². The third-order valence-electron chi connectivity index (χ3n) is 12.7. The molecule has 6 heteroatoms. The van der Waals surface area contributed by atoms with E-state index in [2.05, 4.69) is 142 Å². The van der Waals surface area contributed by atoms with Crippen molar-refractivity contribution in [3.63, 3.8) is 0 Å². The number of unbranched alkanes of at least 4 members (excludes halogenated alkanes) is 23. The Morgan fingerprint density at radius 3 is 0.838 bits per heavy atom. The van der Waals surface area contributed by atoms with Gasteiger partial charge in [-0.2, -0.15) is 0 Å². The van der Waals surface area contributed by atoms with E-state index in [4.69, 9.17) is 14.2 Å². The number of hydrogen-bond acceptors (Lipinski definition) is 6. The van der Waals surface area contributed by atoms with Crippen LogP contribution in [-0.2, 0) is 28.6 Å². The fourth-order valence-electron chi connectivity index (χ4n) is 8.17. The fourth-order valence-corrected chi connectivity index (χ4v) is 8.17. The summed E-state index contributed by atoms with van der Waals surface area (Å²) in [6, 6.07) is 0. The molecule has 420 valence electrons. The van der Waals surface area contributed by atoms with Gasteiger partial charge in [-0.25, -0.2) is 0 Å². The molecule has 0 aliphatic heterocycles. The lowest BCUT2D eigenvalue weighted by Gasteiger charge is -2.18. The van der Waals surface area contributed by atoms with Gasteiger partial charge in [0, 0.05) is 19.3 Å². The van der Waals surface area contributed by atoms with E-state index >= 15 is 0 Å². The van der Waals surface area contributed by atoms with Gasteiger partial charge in [-0.1, -0.05) is 251 Å². The van der Waals surface area contributed by atoms with Crippen LogP contribution in [0.5, 0.6) is 0 Å². The van der Waals surface area contributed by atoms with Crippen LogP contribution in [0.1, 0.15) is 271 Å². The average Bonchev–Trinajstić information content (AvgIpc) is 3.40. The highest BCUT2D eigenvalue weighted by Gasteiger charge is 2.19. The predicted octanol–water partition coefficient (Wildman–Crippen LogP) is 20.8. The molecule has 0 aliphatic rings. The third-order valence-corrected chi connectivity index (χ3v) is 12.7. The van der Waals surface area contributed by atoms with Crippen molar-refractivity contribution < 1.29 is 28.6 Å². The highest BCUT2D eigenvalue weighted by Crippen LogP contribution is 2.15. The van der Waals surface area contributed by atoms with Crippen LogP contribution < -0.4 is 0 Å². The lowest BCUT2D eigenvalue weighted by molar-refractivity contribution is -0.167. The van der Waals surface area contributed by atoms with Crippen molar-refractivity contribution >= 4 is 17.9 Å². The number of ether oxygens (including phenoxy) is 3. The van der Waals surface area contributed by atoms with Crippen LogP contribution in [0.4, 0.5) is 0 Å². The standard InChI is InChI=1S/C68H112O6/c1-4-7-10-13-16-19-22-24-26-27-28-29-30-31-32-33-34-35-36-37-38-39-40-41-43-44-46-49-52-55-58-61-67(70)73-64-65(63-72-66(69)60-57-54-51-48-21-18-15-12-9-6-3)74-68(71)62-59-56-53-50-47-45-42-25-23-20-17-14-11-8-5-2/h7-8,10-12,15-17,19-20,24-26,28-29,31-32,34-35,42,65H,4-6,9,13-14,18,21-23,27,30,33,36-41,43-64H2,1-3H3/b10-7-,11-8-,15-12-,19-16-,20-17-,26-24-,29-28-,32-31-,35-34-,42-25-. The second kappa shape index (κ2) is 61.4. The first kappa shape index (κ1) is 69.8. The number of allylic oxidation sites excluding steroid dienone is 20. The molecule has 74 heavy (non-hydrogen) atoms. The molecular weight excluding hydrogens is 913 g/mol. The molecule has 0 aromatic carbocycles. The van der Waals surface area contributed by atoms with Crippen molar-refractivity contribution in [2.45, 2.75) is 277 Å². The molecule has 0 amide bonds. The summed E-state index contributed by atoms with van der Waals surface area (Å²) < 4.78 is 16.8. The number of carbonyl (C=O) groups excluding carboxylic acids is 3. The lowest BCUT2D eigenvalue weighted by atomic mass is 10.0. The molecule has 0 saturated heterocycles. The first-order valence-electron chi connectivity index (χ1n) is 30.5. The largest absolute Gasteiger partial charge is 0.462 e. The Kier molecular flexibility index (Phi) is 57.9. The summed E-state index contributed by atoms with van der Waals surface area (Å²) in [7, 11) is 0. The molecule has 0 aromatic rings. The predicted molar refractivity (Wildman–Crippen MR) is 320 cm³/mol. The minimum Gasteiger partial charge on any atom is -0.462 e. The van der Waals surface area contributed by atoms with Crippen LogP contribution in [0.2, 0.25) is 0 Å². The summed E-state index contributed by atoms with van der Waals surface area (Å²) in [5, 5.41) is 0. The maximum atomic E-state index is 12.8. The Bertz CT molecular complexity index is 1550. The van der Waals surface area contributed by atoms with Gasteiger partial charge in [0.2, 0.25) is 0 Å². The molecule has 0 saturated carbocycles. The Labute approximate surface area is 456 Å². The van der Waals surface area contributed by atoms with Gasteiger partial charge in [-0.15, -0.1) is 0 Å². The molecule has 0 N–H and O–H groups in total. The van der Waals surface area contributed by atoms with Crippen LogP contribution in [0.15, 0.2) is 122 Å². The Morgan fingerprint density at radius 2 is 0.527 bits per heavy atom. The van der Waals surface area contributed by atoms with Gasteiger partial charge in [0.05, 0.1) is 0 Å². The zero-order valence-electron chi connectivity index (χ0n) is 48.1. The molecule has 0 fully saturated rings. The van der Waals surface area contributed by atoms with E-state index in [-0.39, 0.29) is 31.1 Å². The van der Waals surface area contributed by atoms with Crippen LogP contribution >= 0.6 is 0 Å². The topological polar surface area (TPSA) is 78.9 Å². The van der Waals surface area contributed by atoms with Crippen molar-refractivity contribution in [2.24, 2.45) is 0 Å². The van der Waals surface area contributed by atoms with Gasteiger partial charge in [0.15, 0.2) is 6.10 Å². The molecule has 0 aliphatic carbocycles. The third kappa shape index (κ3) is 58.7. The van der Waals surface area contributed by atoms with Crippen molar-refractivity contribution in [1.29, 1.82) is 0 Å². The first-order chi connectivity index (χ1) is 36.5. The van der Waals surface area contributed by atoms with Crippen molar-refractivity contribution in [1.82, 2.24) is 0 Å². The van der Waals surface area contributed by atoms with Gasteiger partial charge >= 0.3 is 17.9 Å². The monoisotopic (exact) mass is 1020 g/mol. The molecule has 1 unspecified atom stereocenters. The molecule has 0 heterocycles. The lowest BCUT2D eigenvalue weighted by Crippen LogP contribution is -2.30. The summed E-state index contributed by atoms with van der Waals surface area (Å²) in [6.45, 7) is 6.33. The minimum absolute atomic E-state index is 0.0900. The zero-order chi connectivity index (χ0) is 53.6. The summed E-state index contributed by atoms with van der Waals surface area (Å²) in [5.74, 6) is -0.920. The zero-order valence-corrected chi connectivity index (χ0v) is 48.1. The quantitative estimate of drug-likeness (QED) is 0.0261. The van der Waals surface area contributed by atoms with Crippen molar-refractivity contribution in [3.05, 3.63) is 122 Å². The maximum Gasteiger partial charge on any atom is 0.306 e. The minimum atomic E-state index is -0.793. The highest BCUT2D eigenvalue weighted by molar-refractivity contribution is 5.71. The first-order valence-corrected chi connectivity index (χ1v) is 30.5. The molecule has 0 rings (SSSR count). The number of esters is 3. The van der Waals surface area contributed by atoms with Crippen LogP contribution in [0, 0.1) is 0 Å². The second-order valence-corrected chi connectivity index (χ2v) is 19.8. The van der Waals surface area contributed by atoms with Crippen molar-refractivity contribution in [2.75, 3.05) is 13.2 Å². The molecule has 1 atom stereocenters. The van der Waals surface area contributed by atoms with E-state index in [0.29, 0.717) is 19.3 Å². The maximum absolute atomic E-state index is 12.8. The normalized spacial score (nSPS) is 13.0. The van der Waals surface area contributed by atoms with E-state index < -0.39 is 6.10 Å². The van der Waals surface area contributed by atoms with E-state index in [0.717, 1.165) is 154 Å². The molecular formula is C68H112O6. The van der Waals surface area contributed by atoms with Crippen molar-refractivity contribution in [3.8, 4) is 0 Å². The van der Waals surface area contributed by atoms with Crippen LogP contribution in [0.25, 0.3) is 0 Å². The molecule has 0 bridgehead atoms. The van der Waals surface area contributed by atoms with E-state index in [1.165, 1.54) is 77.0 Å². The number of carbonyl (C=O) groups is 3. The van der Waals surface area contributed by atoms with Gasteiger partial charge in [0.1, 0.15) is 13.2 Å². The summed E-state index contributed by atoms with van der Waals surface area (Å²) >= 11 is 0. The Balaban J connectivity index is 4.20. The van der Waals surface area contributed by atoms with E-state index in [9.17, 15) is 14.4 Å². The average molecular weight is 1030 g/mol. The fraction of sp³-hybridized carbons (Fsp3) is 0.662. The Hall–Kier alpha value is -4.19. The summed E-state index contributed by atoms with van der Waals surface area (Å²) in [6.07, 6.45) is 85.0. The molecule has 0 radical (unpaired) electrons. The molecule has 6 nitrogen and oxygen atoms in total. The van der Waals surface area contributed by atoms with Gasteiger partial charge in [-0.3, -0.25) is 14.4 Å². The molecule has 0 spiro atoms. The summed E-state index contributed by atoms with van der Waals surface area (Å²) in [4.78, 5) is 38.1. The SMILES string of the molecule is CC/C=C\C/C=C\C/C=C\C/C=C\C/C=C\C/C=C\CCCCCCCCCCCCCCC(=O)OCC(COC(=O)CCCCCCC/C=C\CCC)OC(=O)CCCCCCC/C=C\C/C=C\C/C=C\CC. The van der Waals surface area contributed by atoms with Crippen LogP contribution in [0.3, 0.4) is 0 Å². The highest BCUT2D eigenvalue weighted by atomic mass is 16.6. The summed E-state index contributed by atoms with van der Waals surface area (Å²) in [5.41, 5.74) is 0. The van der Waals surface area contributed by atoms with E-state index in [1.807, 2.05) is 0 Å². The smallest absolute Gasteiger partial charge is 0.306 e. The second-order valence-electron chi connectivity index (χ2n) is 19.8. The number of hydrogen-bond donors (Lipinski definition) is 0. The Morgan fingerprint density at radius 1 is 0.284 bits per heavy atom. The van der Waals surface area contributed by atoms with Gasteiger partial charge in [0.25, 0.3) is 0 Å². The number of rotatable bonds is 54. The molecule has 0 aromatic heterocycles. The van der Waals surface area contributed by atoms with Gasteiger partial charge in [-0.05, 0) is 122 Å². The van der Waals surface area contributed by atoms with Gasteiger partial charge < -0.3 is 14.2 Å². The van der Waals surface area contributed by atoms with Crippen LogP contribution in [-0.4, -0.2) is 37.2 Å².